The number of nitrogens with one attached hydrogen (secondary N) is 2. The van der Waals surface area contributed by atoms with E-state index in [9.17, 15) is 0 Å². The lowest BCUT2D eigenvalue weighted by Crippen LogP contribution is -2.42. The second-order valence-electron chi connectivity index (χ2n) is 4.05. The minimum atomic E-state index is 0. The normalized spacial score (nSPS) is 13.9. The summed E-state index contributed by atoms with van der Waals surface area (Å²) in [6.45, 7) is 5.37. The van der Waals surface area contributed by atoms with Gasteiger partial charge in [0.1, 0.15) is 12.4 Å². The lowest BCUT2D eigenvalue weighted by Gasteiger charge is -2.16. The first kappa shape index (κ1) is 15.1. The second kappa shape index (κ2) is 8.18. The fourth-order valence-electron chi connectivity index (χ4n) is 1.70. The van der Waals surface area contributed by atoms with E-state index in [1.54, 1.807) is 0 Å². The Morgan fingerprint density at radius 2 is 2.22 bits per heavy atom. The summed E-state index contributed by atoms with van der Waals surface area (Å²) in [5.74, 6) is 1.84. The topological polar surface area (TPSA) is 45.6 Å². The highest BCUT2D eigenvalue weighted by Crippen LogP contribution is 2.15. The van der Waals surface area contributed by atoms with Crippen molar-refractivity contribution in [3.05, 3.63) is 29.8 Å². The standard InChI is InChI=1S/C13H19N3O.HI/c1-11-5-2-3-6-12(11)17-10-9-16-13-14-7-4-8-15-13;/h2-3,5-6H,4,7-10H2,1H3,(H2,14,15,16);1H. The Bertz CT molecular complexity index is 396. The van der Waals surface area contributed by atoms with Crippen molar-refractivity contribution in [2.75, 3.05) is 26.2 Å². The van der Waals surface area contributed by atoms with E-state index in [1.165, 1.54) is 5.56 Å². The minimum Gasteiger partial charge on any atom is -0.491 e. The van der Waals surface area contributed by atoms with Gasteiger partial charge in [-0.1, -0.05) is 18.2 Å². The van der Waals surface area contributed by atoms with Crippen LogP contribution in [0.1, 0.15) is 12.0 Å². The van der Waals surface area contributed by atoms with E-state index in [4.69, 9.17) is 4.74 Å². The van der Waals surface area contributed by atoms with Gasteiger partial charge in [0.15, 0.2) is 5.96 Å². The van der Waals surface area contributed by atoms with Crippen molar-refractivity contribution in [1.82, 2.24) is 10.6 Å². The molecule has 2 N–H and O–H groups in total. The Morgan fingerprint density at radius 1 is 1.39 bits per heavy atom. The average Bonchev–Trinajstić information content (AvgIpc) is 2.38. The summed E-state index contributed by atoms with van der Waals surface area (Å²) >= 11 is 0. The molecule has 0 atom stereocenters. The first-order valence-corrected chi connectivity index (χ1v) is 6.07. The molecular weight excluding hydrogens is 341 g/mol. The molecular formula is C13H20IN3O. The van der Waals surface area contributed by atoms with Crippen LogP contribution >= 0.6 is 24.0 Å². The van der Waals surface area contributed by atoms with Crippen LogP contribution in [0.4, 0.5) is 0 Å². The number of para-hydroxylation sites is 1. The predicted molar refractivity (Wildman–Crippen MR) is 85.0 cm³/mol. The Labute approximate surface area is 125 Å². The Balaban J connectivity index is 0.00000162. The van der Waals surface area contributed by atoms with Crippen molar-refractivity contribution in [3.8, 4) is 5.75 Å². The lowest BCUT2D eigenvalue weighted by molar-refractivity contribution is 0.319. The van der Waals surface area contributed by atoms with Crippen LogP contribution in [0.3, 0.4) is 0 Å². The summed E-state index contributed by atoms with van der Waals surface area (Å²) in [4.78, 5) is 4.33. The number of guanidine groups is 1. The number of hydrogen-bond donors (Lipinski definition) is 2. The molecule has 1 aromatic rings. The third-order valence-corrected chi connectivity index (χ3v) is 2.64. The molecule has 1 heterocycles. The molecule has 0 fully saturated rings. The van der Waals surface area contributed by atoms with Gasteiger partial charge in [-0.3, -0.25) is 4.99 Å². The molecule has 0 amide bonds. The van der Waals surface area contributed by atoms with Gasteiger partial charge in [0.2, 0.25) is 0 Å². The number of aryl methyl sites for hydroxylation is 1. The predicted octanol–water partition coefficient (Wildman–Crippen LogP) is 1.93. The molecule has 100 valence electrons. The Kier molecular flexibility index (Phi) is 6.85. The number of nitrogens with zero attached hydrogens (tertiary/aromatic N) is 1. The Morgan fingerprint density at radius 3 is 2.94 bits per heavy atom. The monoisotopic (exact) mass is 361 g/mol. The van der Waals surface area contributed by atoms with Crippen LogP contribution in [-0.2, 0) is 0 Å². The minimum absolute atomic E-state index is 0. The van der Waals surface area contributed by atoms with Crippen molar-refractivity contribution in [2.24, 2.45) is 4.99 Å². The fourth-order valence-corrected chi connectivity index (χ4v) is 1.70. The van der Waals surface area contributed by atoms with Crippen LogP contribution in [0.25, 0.3) is 0 Å². The summed E-state index contributed by atoms with van der Waals surface area (Å²) < 4.78 is 5.68. The van der Waals surface area contributed by atoms with E-state index < -0.39 is 0 Å². The highest BCUT2D eigenvalue weighted by molar-refractivity contribution is 14.0. The van der Waals surface area contributed by atoms with Gasteiger partial charge in [-0.15, -0.1) is 24.0 Å². The quantitative estimate of drug-likeness (QED) is 0.637. The summed E-state index contributed by atoms with van der Waals surface area (Å²) in [5.41, 5.74) is 1.17. The molecule has 5 heteroatoms. The summed E-state index contributed by atoms with van der Waals surface area (Å²) in [7, 11) is 0. The smallest absolute Gasteiger partial charge is 0.191 e. The molecule has 18 heavy (non-hydrogen) atoms. The highest BCUT2D eigenvalue weighted by atomic mass is 127. The van der Waals surface area contributed by atoms with E-state index in [1.807, 2.05) is 18.2 Å². The van der Waals surface area contributed by atoms with Crippen LogP contribution in [-0.4, -0.2) is 32.2 Å². The molecule has 0 aromatic heterocycles. The van der Waals surface area contributed by atoms with Crippen molar-refractivity contribution in [2.45, 2.75) is 13.3 Å². The van der Waals surface area contributed by atoms with Gasteiger partial charge < -0.3 is 15.4 Å². The molecule has 0 spiro atoms. The summed E-state index contributed by atoms with van der Waals surface area (Å²) in [6.07, 6.45) is 1.12. The van der Waals surface area contributed by atoms with Gasteiger partial charge in [-0.25, -0.2) is 0 Å². The van der Waals surface area contributed by atoms with Crippen molar-refractivity contribution in [1.29, 1.82) is 0 Å². The van der Waals surface area contributed by atoms with Gasteiger partial charge in [-0.05, 0) is 25.0 Å². The van der Waals surface area contributed by atoms with E-state index in [0.29, 0.717) is 6.61 Å². The lowest BCUT2D eigenvalue weighted by atomic mass is 10.2. The molecule has 0 bridgehead atoms. The molecule has 0 radical (unpaired) electrons. The van der Waals surface area contributed by atoms with Gasteiger partial charge in [0, 0.05) is 13.1 Å². The van der Waals surface area contributed by atoms with Gasteiger partial charge in [-0.2, -0.15) is 0 Å². The molecule has 0 aliphatic carbocycles. The third-order valence-electron chi connectivity index (χ3n) is 2.64. The molecule has 2 rings (SSSR count). The van der Waals surface area contributed by atoms with Crippen LogP contribution in [0.15, 0.2) is 29.3 Å². The highest BCUT2D eigenvalue weighted by Gasteiger charge is 2.02. The number of ether oxygens (including phenoxy) is 1. The zero-order valence-electron chi connectivity index (χ0n) is 10.6. The molecule has 1 aliphatic rings. The zero-order valence-corrected chi connectivity index (χ0v) is 12.9. The van der Waals surface area contributed by atoms with E-state index in [0.717, 1.165) is 37.8 Å². The molecule has 1 aromatic carbocycles. The number of rotatable bonds is 4. The van der Waals surface area contributed by atoms with Crippen molar-refractivity contribution in [3.63, 3.8) is 0 Å². The van der Waals surface area contributed by atoms with Gasteiger partial charge in [0.05, 0.1) is 6.54 Å². The van der Waals surface area contributed by atoms with E-state index >= 15 is 0 Å². The molecule has 1 aliphatic heterocycles. The maximum atomic E-state index is 5.68. The molecule has 0 unspecified atom stereocenters. The maximum absolute atomic E-state index is 5.68. The van der Waals surface area contributed by atoms with E-state index in [-0.39, 0.29) is 24.0 Å². The second-order valence-corrected chi connectivity index (χ2v) is 4.05. The van der Waals surface area contributed by atoms with Crippen molar-refractivity contribution >= 4 is 29.9 Å². The van der Waals surface area contributed by atoms with Crippen LogP contribution in [0.2, 0.25) is 0 Å². The SMILES string of the molecule is Cc1ccccc1OCCNC1=NCCCN1.I. The first-order chi connectivity index (χ1) is 8.36. The first-order valence-electron chi connectivity index (χ1n) is 6.07. The number of halogens is 1. The fraction of sp³-hybridized carbons (Fsp3) is 0.462. The molecule has 4 nitrogen and oxygen atoms in total. The van der Waals surface area contributed by atoms with Gasteiger partial charge >= 0.3 is 0 Å². The summed E-state index contributed by atoms with van der Waals surface area (Å²) in [6, 6.07) is 8.05. The number of hydrogen-bond acceptors (Lipinski definition) is 4. The van der Waals surface area contributed by atoms with Crippen LogP contribution in [0, 0.1) is 6.92 Å². The molecule has 0 saturated heterocycles. The van der Waals surface area contributed by atoms with Crippen LogP contribution < -0.4 is 15.4 Å². The Hall–Kier alpha value is -0.980. The number of aliphatic imine (C=N–C) groups is 1. The molecule has 0 saturated carbocycles. The maximum Gasteiger partial charge on any atom is 0.191 e. The number of benzene rings is 1. The van der Waals surface area contributed by atoms with Gasteiger partial charge in [0.25, 0.3) is 0 Å². The van der Waals surface area contributed by atoms with Crippen LogP contribution in [0.5, 0.6) is 5.75 Å². The van der Waals surface area contributed by atoms with Crippen molar-refractivity contribution < 1.29 is 4.74 Å². The summed E-state index contributed by atoms with van der Waals surface area (Å²) in [5, 5.41) is 6.44. The average molecular weight is 361 g/mol. The largest absolute Gasteiger partial charge is 0.491 e. The zero-order chi connectivity index (χ0) is 11.9. The van der Waals surface area contributed by atoms with E-state index in [2.05, 4.69) is 28.6 Å². The third kappa shape index (κ3) is 4.72.